The Hall–Kier alpha value is -2.92. The van der Waals surface area contributed by atoms with Gasteiger partial charge in [-0.15, -0.1) is 0 Å². The van der Waals surface area contributed by atoms with Crippen molar-refractivity contribution in [2.45, 2.75) is 0 Å². The lowest BCUT2D eigenvalue weighted by atomic mass is 10.2. The molecule has 5 heteroatoms. The molecule has 0 aromatic heterocycles. The van der Waals surface area contributed by atoms with Crippen molar-refractivity contribution in [1.82, 2.24) is 0 Å². The van der Waals surface area contributed by atoms with Crippen molar-refractivity contribution in [2.24, 2.45) is 0 Å². The summed E-state index contributed by atoms with van der Waals surface area (Å²) >= 11 is 0. The number of nitrogens with zero attached hydrogens (tertiary/aromatic N) is 2. The zero-order chi connectivity index (χ0) is 14.1. The Morgan fingerprint density at radius 2 is 1.79 bits per heavy atom. The van der Waals surface area contributed by atoms with Crippen LogP contribution in [0.25, 0.3) is 0 Å². The predicted molar refractivity (Wildman–Crippen MR) is 71.0 cm³/mol. The van der Waals surface area contributed by atoms with E-state index >= 15 is 0 Å². The molecule has 96 valence electrons. The normalized spacial score (nSPS) is 9.26. The highest BCUT2D eigenvalue weighted by molar-refractivity contribution is 5.49. The van der Waals surface area contributed by atoms with Crippen molar-refractivity contribution in [3.63, 3.8) is 0 Å². The number of hydrogen-bond donors (Lipinski definition) is 1. The number of anilines is 1. The summed E-state index contributed by atoms with van der Waals surface area (Å²) < 4.78 is 10.0. The molecule has 0 amide bonds. The van der Waals surface area contributed by atoms with Gasteiger partial charge in [-0.05, 0) is 30.3 Å². The first-order valence-electron chi connectivity index (χ1n) is 5.40. The van der Waals surface area contributed by atoms with Crippen LogP contribution in [0.15, 0.2) is 47.9 Å². The fourth-order valence-electron chi connectivity index (χ4n) is 1.29. The molecule has 0 saturated carbocycles. The molecule has 0 spiro atoms. The highest BCUT2D eigenvalue weighted by Gasteiger charge is 2.01. The van der Waals surface area contributed by atoms with E-state index in [4.69, 9.17) is 20.0 Å². The van der Waals surface area contributed by atoms with Crippen LogP contribution in [0.1, 0.15) is 0 Å². The second-order valence-electron chi connectivity index (χ2n) is 3.37. The number of allylic oxidation sites excluding steroid dienone is 2. The van der Waals surface area contributed by atoms with E-state index in [1.807, 2.05) is 24.3 Å². The first-order chi connectivity index (χ1) is 9.24. The molecule has 0 bridgehead atoms. The maximum absolute atomic E-state index is 8.72. The Bertz CT molecular complexity index is 544. The third kappa shape index (κ3) is 4.10. The van der Waals surface area contributed by atoms with E-state index in [1.165, 1.54) is 13.2 Å². The zero-order valence-electron chi connectivity index (χ0n) is 10.7. The summed E-state index contributed by atoms with van der Waals surface area (Å²) in [5.41, 5.74) is 0.776. The molecule has 1 rings (SSSR count). The van der Waals surface area contributed by atoms with Crippen LogP contribution in [0.3, 0.4) is 0 Å². The smallest absolute Gasteiger partial charge is 0.171 e. The first kappa shape index (κ1) is 14.1. The average Bonchev–Trinajstić information content (AvgIpc) is 2.47. The lowest BCUT2D eigenvalue weighted by Crippen LogP contribution is -1.92. The molecule has 0 atom stereocenters. The Labute approximate surface area is 112 Å². The SMILES string of the molecule is COC(C=CNc1ccc(OC)cc1)=C(C#N)C#N. The summed E-state index contributed by atoms with van der Waals surface area (Å²) in [6, 6.07) is 10.9. The topological polar surface area (TPSA) is 78.1 Å². The van der Waals surface area contributed by atoms with Gasteiger partial charge < -0.3 is 14.8 Å². The first-order valence-corrected chi connectivity index (χ1v) is 5.40. The number of hydrogen-bond acceptors (Lipinski definition) is 5. The van der Waals surface area contributed by atoms with Crippen LogP contribution in [0.4, 0.5) is 5.69 Å². The number of ether oxygens (including phenoxy) is 2. The number of methoxy groups -OCH3 is 2. The molecule has 1 aromatic rings. The highest BCUT2D eigenvalue weighted by atomic mass is 16.5. The van der Waals surface area contributed by atoms with Crippen LogP contribution >= 0.6 is 0 Å². The van der Waals surface area contributed by atoms with E-state index < -0.39 is 0 Å². The van der Waals surface area contributed by atoms with Crippen molar-refractivity contribution in [3.05, 3.63) is 47.9 Å². The third-order valence-electron chi connectivity index (χ3n) is 2.26. The lowest BCUT2D eigenvalue weighted by molar-refractivity contribution is 0.305. The predicted octanol–water partition coefficient (Wildman–Crippen LogP) is 2.57. The van der Waals surface area contributed by atoms with Crippen molar-refractivity contribution in [2.75, 3.05) is 19.5 Å². The van der Waals surface area contributed by atoms with Gasteiger partial charge in [-0.25, -0.2) is 0 Å². The molecule has 0 fully saturated rings. The maximum atomic E-state index is 8.72. The van der Waals surface area contributed by atoms with E-state index in [2.05, 4.69) is 5.32 Å². The van der Waals surface area contributed by atoms with Gasteiger partial charge in [0.2, 0.25) is 0 Å². The number of nitrogens with one attached hydrogen (secondary N) is 1. The molecular formula is C14H13N3O2. The van der Waals surface area contributed by atoms with Gasteiger partial charge in [0.1, 0.15) is 23.6 Å². The minimum absolute atomic E-state index is 0.0738. The van der Waals surface area contributed by atoms with Crippen LogP contribution < -0.4 is 10.1 Å². The molecule has 1 N–H and O–H groups in total. The van der Waals surface area contributed by atoms with Gasteiger partial charge >= 0.3 is 0 Å². The second-order valence-corrected chi connectivity index (χ2v) is 3.37. The van der Waals surface area contributed by atoms with E-state index in [9.17, 15) is 0 Å². The summed E-state index contributed by atoms with van der Waals surface area (Å²) in [6.07, 6.45) is 3.11. The molecule has 0 saturated heterocycles. The molecular weight excluding hydrogens is 242 g/mol. The molecule has 19 heavy (non-hydrogen) atoms. The fraction of sp³-hybridized carbons (Fsp3) is 0.143. The molecule has 0 unspecified atom stereocenters. The fourth-order valence-corrected chi connectivity index (χ4v) is 1.29. The maximum Gasteiger partial charge on any atom is 0.171 e. The van der Waals surface area contributed by atoms with E-state index in [0.29, 0.717) is 0 Å². The van der Waals surface area contributed by atoms with Gasteiger partial charge in [-0.3, -0.25) is 0 Å². The van der Waals surface area contributed by atoms with Gasteiger partial charge in [0.25, 0.3) is 0 Å². The molecule has 0 aliphatic carbocycles. The van der Waals surface area contributed by atoms with Crippen LogP contribution in [0.5, 0.6) is 5.75 Å². The van der Waals surface area contributed by atoms with Gasteiger partial charge in [0, 0.05) is 11.9 Å². The van der Waals surface area contributed by atoms with Crippen molar-refractivity contribution in [3.8, 4) is 17.9 Å². The monoisotopic (exact) mass is 255 g/mol. The van der Waals surface area contributed by atoms with Gasteiger partial charge in [0.15, 0.2) is 5.57 Å². The number of rotatable bonds is 5. The zero-order valence-corrected chi connectivity index (χ0v) is 10.7. The molecule has 0 aliphatic heterocycles. The third-order valence-corrected chi connectivity index (χ3v) is 2.26. The van der Waals surface area contributed by atoms with Crippen LogP contribution in [-0.2, 0) is 4.74 Å². The quantitative estimate of drug-likeness (QED) is 0.497. The largest absolute Gasteiger partial charge is 0.497 e. The van der Waals surface area contributed by atoms with Crippen molar-refractivity contribution < 1.29 is 9.47 Å². The van der Waals surface area contributed by atoms with E-state index in [-0.39, 0.29) is 11.3 Å². The summed E-state index contributed by atoms with van der Waals surface area (Å²) in [4.78, 5) is 0. The number of benzene rings is 1. The highest BCUT2D eigenvalue weighted by Crippen LogP contribution is 2.15. The minimum Gasteiger partial charge on any atom is -0.497 e. The molecule has 1 aromatic carbocycles. The van der Waals surface area contributed by atoms with Gasteiger partial charge in [-0.1, -0.05) is 0 Å². The lowest BCUT2D eigenvalue weighted by Gasteiger charge is -2.03. The second kappa shape index (κ2) is 7.41. The Kier molecular flexibility index (Phi) is 5.52. The van der Waals surface area contributed by atoms with Crippen LogP contribution in [-0.4, -0.2) is 14.2 Å². The summed E-state index contributed by atoms with van der Waals surface area (Å²) in [7, 11) is 3.01. The van der Waals surface area contributed by atoms with E-state index in [0.717, 1.165) is 11.4 Å². The van der Waals surface area contributed by atoms with Gasteiger partial charge in [0.05, 0.1) is 14.2 Å². The van der Waals surface area contributed by atoms with Crippen molar-refractivity contribution >= 4 is 5.69 Å². The van der Waals surface area contributed by atoms with Gasteiger partial charge in [-0.2, -0.15) is 10.5 Å². The summed E-state index contributed by atoms with van der Waals surface area (Å²) in [6.45, 7) is 0. The Morgan fingerprint density at radius 3 is 2.26 bits per heavy atom. The summed E-state index contributed by atoms with van der Waals surface area (Å²) in [5.74, 6) is 0.981. The minimum atomic E-state index is -0.0738. The Morgan fingerprint density at radius 1 is 1.16 bits per heavy atom. The summed E-state index contributed by atoms with van der Waals surface area (Å²) in [5, 5.41) is 20.4. The van der Waals surface area contributed by atoms with Crippen LogP contribution in [0.2, 0.25) is 0 Å². The standard InChI is InChI=1S/C14H13N3O2/c1-18-13-5-3-12(4-6-13)17-8-7-14(19-2)11(9-15)10-16/h3-8,17H,1-2H3. The Balaban J connectivity index is 2.75. The van der Waals surface area contributed by atoms with Crippen LogP contribution in [0, 0.1) is 22.7 Å². The molecule has 5 nitrogen and oxygen atoms in total. The molecule has 0 aliphatic rings. The van der Waals surface area contributed by atoms with Crippen molar-refractivity contribution in [1.29, 1.82) is 10.5 Å². The number of nitriles is 2. The van der Waals surface area contributed by atoms with E-state index in [1.54, 1.807) is 25.4 Å². The average molecular weight is 255 g/mol. The molecule has 0 radical (unpaired) electrons. The molecule has 0 heterocycles.